The van der Waals surface area contributed by atoms with Crippen molar-refractivity contribution in [3.05, 3.63) is 5.82 Å². The SMILES string of the molecule is COc1nc(SC)nc(OCC(=O)NC23CC4CC(CC(C4)C2)C3)c1F. The minimum Gasteiger partial charge on any atom is -0.479 e. The van der Waals surface area contributed by atoms with Gasteiger partial charge in [-0.15, -0.1) is 0 Å². The third kappa shape index (κ3) is 3.35. The summed E-state index contributed by atoms with van der Waals surface area (Å²) in [4.78, 5) is 20.4. The normalized spacial score (nSPS) is 31.7. The first-order chi connectivity index (χ1) is 12.5. The molecule has 142 valence electrons. The number of halogens is 1. The third-order valence-corrected chi connectivity index (χ3v) is 6.48. The number of hydrogen-bond donors (Lipinski definition) is 1. The van der Waals surface area contributed by atoms with Gasteiger partial charge < -0.3 is 14.8 Å². The molecule has 0 saturated heterocycles. The topological polar surface area (TPSA) is 73.3 Å². The fourth-order valence-electron chi connectivity index (χ4n) is 5.44. The molecule has 4 fully saturated rings. The van der Waals surface area contributed by atoms with Gasteiger partial charge in [0.15, 0.2) is 11.8 Å². The molecular formula is C18H24FN3O3S. The summed E-state index contributed by atoms with van der Waals surface area (Å²) >= 11 is 1.25. The monoisotopic (exact) mass is 381 g/mol. The molecule has 8 heteroatoms. The van der Waals surface area contributed by atoms with Crippen molar-refractivity contribution in [2.24, 2.45) is 17.8 Å². The lowest BCUT2D eigenvalue weighted by atomic mass is 9.53. The molecule has 4 aliphatic carbocycles. The van der Waals surface area contributed by atoms with Crippen molar-refractivity contribution in [1.29, 1.82) is 0 Å². The number of nitrogens with zero attached hydrogens (tertiary/aromatic N) is 2. The van der Waals surface area contributed by atoms with Gasteiger partial charge in [0, 0.05) is 5.54 Å². The zero-order valence-corrected chi connectivity index (χ0v) is 15.9. The summed E-state index contributed by atoms with van der Waals surface area (Å²) in [5.74, 6) is 0.811. The highest BCUT2D eigenvalue weighted by atomic mass is 32.2. The van der Waals surface area contributed by atoms with Gasteiger partial charge in [0.2, 0.25) is 5.82 Å². The van der Waals surface area contributed by atoms with E-state index in [1.807, 2.05) is 0 Å². The van der Waals surface area contributed by atoms with E-state index in [4.69, 9.17) is 9.47 Å². The van der Waals surface area contributed by atoms with Crippen LogP contribution in [0.2, 0.25) is 0 Å². The van der Waals surface area contributed by atoms with Crippen molar-refractivity contribution >= 4 is 17.7 Å². The number of hydrogen-bond acceptors (Lipinski definition) is 6. The number of ether oxygens (including phenoxy) is 2. The van der Waals surface area contributed by atoms with Gasteiger partial charge in [-0.25, -0.2) is 0 Å². The number of carbonyl (C=O) groups excluding carboxylic acids is 1. The Morgan fingerprint density at radius 2 is 1.77 bits per heavy atom. The fourth-order valence-corrected chi connectivity index (χ4v) is 5.79. The van der Waals surface area contributed by atoms with Crippen LogP contribution >= 0.6 is 11.8 Å². The van der Waals surface area contributed by atoms with Gasteiger partial charge in [0.25, 0.3) is 17.7 Å². The molecule has 0 atom stereocenters. The summed E-state index contributed by atoms with van der Waals surface area (Å²) in [6.45, 7) is -0.257. The van der Waals surface area contributed by atoms with Gasteiger partial charge in [-0.1, -0.05) is 11.8 Å². The van der Waals surface area contributed by atoms with Crippen LogP contribution in [0, 0.1) is 23.6 Å². The number of carbonyl (C=O) groups is 1. The number of methoxy groups -OCH3 is 1. The Hall–Kier alpha value is -1.57. The predicted octanol–water partition coefficient (Wildman–Crippen LogP) is 2.81. The molecule has 0 spiro atoms. The highest BCUT2D eigenvalue weighted by Crippen LogP contribution is 2.55. The maximum Gasteiger partial charge on any atom is 0.259 e. The van der Waals surface area contributed by atoms with Crippen LogP contribution in [0.3, 0.4) is 0 Å². The maximum atomic E-state index is 14.2. The average molecular weight is 381 g/mol. The smallest absolute Gasteiger partial charge is 0.259 e. The molecule has 1 aromatic rings. The fraction of sp³-hybridized carbons (Fsp3) is 0.722. The Labute approximate surface area is 156 Å². The van der Waals surface area contributed by atoms with Crippen LogP contribution in [-0.4, -0.2) is 41.4 Å². The predicted molar refractivity (Wildman–Crippen MR) is 94.9 cm³/mol. The molecule has 0 radical (unpaired) electrons. The number of aromatic nitrogens is 2. The Bertz CT molecular complexity index is 680. The molecule has 1 heterocycles. The lowest BCUT2D eigenvalue weighted by Gasteiger charge is -2.56. The molecule has 0 aliphatic heterocycles. The highest BCUT2D eigenvalue weighted by molar-refractivity contribution is 7.98. The number of thioether (sulfide) groups is 1. The lowest BCUT2D eigenvalue weighted by molar-refractivity contribution is -0.129. The Kier molecular flexibility index (Phi) is 4.71. The lowest BCUT2D eigenvalue weighted by Crippen LogP contribution is -2.60. The van der Waals surface area contributed by atoms with E-state index >= 15 is 0 Å². The van der Waals surface area contributed by atoms with Gasteiger partial charge in [-0.2, -0.15) is 14.4 Å². The van der Waals surface area contributed by atoms with Crippen LogP contribution in [0.4, 0.5) is 4.39 Å². The van der Waals surface area contributed by atoms with E-state index in [9.17, 15) is 9.18 Å². The van der Waals surface area contributed by atoms with Gasteiger partial charge in [0.05, 0.1) is 7.11 Å². The molecule has 0 aromatic carbocycles. The summed E-state index contributed by atoms with van der Waals surface area (Å²) in [5.41, 5.74) is -0.0818. The molecular weight excluding hydrogens is 357 g/mol. The summed E-state index contributed by atoms with van der Waals surface area (Å²) in [6.07, 6.45) is 8.92. The van der Waals surface area contributed by atoms with E-state index < -0.39 is 5.82 Å². The van der Waals surface area contributed by atoms with Crippen molar-refractivity contribution in [2.45, 2.75) is 49.2 Å². The molecule has 4 saturated carbocycles. The summed E-state index contributed by atoms with van der Waals surface area (Å²) < 4.78 is 24.5. The maximum absolute atomic E-state index is 14.2. The van der Waals surface area contributed by atoms with E-state index in [0.717, 1.165) is 37.0 Å². The summed E-state index contributed by atoms with van der Waals surface area (Å²) in [6, 6.07) is 0. The van der Waals surface area contributed by atoms with E-state index in [2.05, 4.69) is 15.3 Å². The second-order valence-electron chi connectivity index (χ2n) is 7.87. The first-order valence-corrected chi connectivity index (χ1v) is 10.3. The minimum absolute atomic E-state index is 0.0818. The van der Waals surface area contributed by atoms with Crippen LogP contribution in [0.5, 0.6) is 11.8 Å². The molecule has 26 heavy (non-hydrogen) atoms. The summed E-state index contributed by atoms with van der Waals surface area (Å²) in [5, 5.41) is 3.54. The molecule has 6 nitrogen and oxygen atoms in total. The molecule has 4 bridgehead atoms. The molecule has 5 rings (SSSR count). The van der Waals surface area contributed by atoms with Crippen molar-refractivity contribution in [3.63, 3.8) is 0 Å². The van der Waals surface area contributed by atoms with E-state index in [-0.39, 0.29) is 29.8 Å². The summed E-state index contributed by atoms with van der Waals surface area (Å²) in [7, 11) is 1.33. The minimum atomic E-state index is -0.784. The number of rotatable bonds is 6. The first kappa shape index (κ1) is 17.8. The van der Waals surface area contributed by atoms with Crippen molar-refractivity contribution < 1.29 is 18.7 Å². The van der Waals surface area contributed by atoms with Crippen molar-refractivity contribution in [1.82, 2.24) is 15.3 Å². The molecule has 1 aromatic heterocycles. The second kappa shape index (κ2) is 6.87. The molecule has 1 N–H and O–H groups in total. The van der Waals surface area contributed by atoms with Crippen LogP contribution in [0.25, 0.3) is 0 Å². The Balaban J connectivity index is 1.40. The number of nitrogens with one attached hydrogen (secondary N) is 1. The first-order valence-electron chi connectivity index (χ1n) is 9.09. The quantitative estimate of drug-likeness (QED) is 0.603. The number of amides is 1. The van der Waals surface area contributed by atoms with Crippen molar-refractivity contribution in [3.8, 4) is 11.8 Å². The van der Waals surface area contributed by atoms with Gasteiger partial charge in [0.1, 0.15) is 0 Å². The largest absolute Gasteiger partial charge is 0.479 e. The molecule has 1 amide bonds. The third-order valence-electron chi connectivity index (χ3n) is 5.93. The van der Waals surface area contributed by atoms with E-state index in [1.165, 1.54) is 38.1 Å². The standard InChI is InChI=1S/C18H24FN3O3S/c1-24-15-14(19)16(21-17(20-15)26-2)25-9-13(23)22-18-6-10-3-11(7-18)5-12(4-10)8-18/h10-12H,3-9H2,1-2H3,(H,22,23). The van der Waals surface area contributed by atoms with Crippen LogP contribution in [0.15, 0.2) is 5.16 Å². The van der Waals surface area contributed by atoms with Crippen LogP contribution in [0.1, 0.15) is 38.5 Å². The Morgan fingerprint density at radius 3 is 2.31 bits per heavy atom. The second-order valence-corrected chi connectivity index (χ2v) is 8.65. The van der Waals surface area contributed by atoms with Crippen LogP contribution in [-0.2, 0) is 4.79 Å². The van der Waals surface area contributed by atoms with E-state index in [1.54, 1.807) is 6.26 Å². The van der Waals surface area contributed by atoms with Gasteiger partial charge in [-0.3, -0.25) is 4.79 Å². The van der Waals surface area contributed by atoms with E-state index in [0.29, 0.717) is 5.16 Å². The van der Waals surface area contributed by atoms with Crippen molar-refractivity contribution in [2.75, 3.05) is 20.0 Å². The molecule has 4 aliphatic rings. The zero-order chi connectivity index (χ0) is 18.3. The molecule has 0 unspecified atom stereocenters. The highest BCUT2D eigenvalue weighted by Gasteiger charge is 2.51. The average Bonchev–Trinajstić information content (AvgIpc) is 2.59. The van der Waals surface area contributed by atoms with Crippen LogP contribution < -0.4 is 14.8 Å². The van der Waals surface area contributed by atoms with Gasteiger partial charge >= 0.3 is 0 Å². The van der Waals surface area contributed by atoms with Gasteiger partial charge in [-0.05, 0) is 62.5 Å². The zero-order valence-electron chi connectivity index (χ0n) is 15.1. The Morgan fingerprint density at radius 1 is 1.19 bits per heavy atom.